The third kappa shape index (κ3) is 6.36. The number of fused-ring (bicyclic) bond motifs is 4. The van der Waals surface area contributed by atoms with Crippen LogP contribution in [0.25, 0.3) is 83.9 Å². The van der Waals surface area contributed by atoms with Crippen molar-refractivity contribution in [1.29, 1.82) is 0 Å². The molecule has 8 aromatic carbocycles. The summed E-state index contributed by atoms with van der Waals surface area (Å²) in [5, 5.41) is 11.4. The van der Waals surface area contributed by atoms with Crippen molar-refractivity contribution in [3.05, 3.63) is 229 Å². The third-order valence-corrected chi connectivity index (χ3v) is 13.5. The molecule has 0 bridgehead atoms. The number of para-hydroxylation sites is 3. The quantitative estimate of drug-likeness (QED) is 0.166. The van der Waals surface area contributed by atoms with Crippen molar-refractivity contribution >= 4 is 11.0 Å². The molecule has 1 N–H and O–H groups in total. The van der Waals surface area contributed by atoms with Crippen LogP contribution in [0.4, 0.5) is 0 Å². The molecule has 2 heterocycles. The van der Waals surface area contributed by atoms with Crippen LogP contribution in [0.5, 0.6) is 5.75 Å². The lowest BCUT2D eigenvalue weighted by Gasteiger charge is -2.26. The van der Waals surface area contributed by atoms with Crippen LogP contribution in [-0.4, -0.2) is 19.6 Å². The Morgan fingerprint density at radius 2 is 1.11 bits per heavy atom. The SMILES string of the molecule is CC(C)(c1ccccc1)c1ccc(-c2ccnc(-c3cc(-c4cccc5c4nc(-c4ccccc4O)n5-c4ccccc4-c4ccccc4)cc4c3C(C)(C)c3ccccc3-4)c2)cc1. The smallest absolute Gasteiger partial charge is 0.149 e. The molecule has 4 nitrogen and oxygen atoms in total. The van der Waals surface area contributed by atoms with Gasteiger partial charge in [-0.05, 0) is 104 Å². The van der Waals surface area contributed by atoms with Gasteiger partial charge in [0, 0.05) is 33.7 Å². The van der Waals surface area contributed by atoms with Gasteiger partial charge in [0.05, 0.1) is 28.0 Å². The molecule has 2 aromatic heterocycles. The molecular formula is C60H47N3O. The predicted molar refractivity (Wildman–Crippen MR) is 264 cm³/mol. The van der Waals surface area contributed by atoms with Crippen molar-refractivity contribution in [3.8, 4) is 78.6 Å². The molecule has 0 saturated carbocycles. The summed E-state index contributed by atoms with van der Waals surface area (Å²) < 4.78 is 2.21. The van der Waals surface area contributed by atoms with E-state index in [4.69, 9.17) is 9.97 Å². The summed E-state index contributed by atoms with van der Waals surface area (Å²) in [6.45, 7) is 9.25. The highest BCUT2D eigenvalue weighted by Crippen LogP contribution is 2.54. The van der Waals surface area contributed by atoms with E-state index in [9.17, 15) is 5.11 Å². The molecule has 4 heteroatoms. The van der Waals surface area contributed by atoms with Gasteiger partial charge < -0.3 is 5.11 Å². The fourth-order valence-corrected chi connectivity index (χ4v) is 10.1. The van der Waals surface area contributed by atoms with Crippen LogP contribution in [0.15, 0.2) is 206 Å². The summed E-state index contributed by atoms with van der Waals surface area (Å²) >= 11 is 0. The van der Waals surface area contributed by atoms with E-state index in [1.54, 1.807) is 6.07 Å². The molecule has 11 rings (SSSR count). The lowest BCUT2D eigenvalue weighted by Crippen LogP contribution is -2.18. The van der Waals surface area contributed by atoms with E-state index in [1.165, 1.54) is 33.4 Å². The van der Waals surface area contributed by atoms with Gasteiger partial charge in [0.2, 0.25) is 0 Å². The Morgan fingerprint density at radius 3 is 1.88 bits per heavy atom. The Kier molecular flexibility index (Phi) is 9.28. The van der Waals surface area contributed by atoms with Gasteiger partial charge in [-0.25, -0.2) is 4.98 Å². The molecule has 1 aliphatic rings. The van der Waals surface area contributed by atoms with E-state index >= 15 is 0 Å². The monoisotopic (exact) mass is 825 g/mol. The molecule has 0 saturated heterocycles. The summed E-state index contributed by atoms with van der Waals surface area (Å²) in [6.07, 6.45) is 1.95. The van der Waals surface area contributed by atoms with E-state index in [1.807, 2.05) is 30.5 Å². The number of imidazole rings is 1. The van der Waals surface area contributed by atoms with Gasteiger partial charge in [0.25, 0.3) is 0 Å². The summed E-state index contributed by atoms with van der Waals surface area (Å²) in [4.78, 5) is 10.6. The average Bonchev–Trinajstić information content (AvgIpc) is 3.84. The van der Waals surface area contributed by atoms with Gasteiger partial charge in [-0.15, -0.1) is 0 Å². The first kappa shape index (κ1) is 39.1. The number of hydrogen-bond acceptors (Lipinski definition) is 3. The van der Waals surface area contributed by atoms with Gasteiger partial charge in [0.15, 0.2) is 0 Å². The summed E-state index contributed by atoms with van der Waals surface area (Å²) in [6, 6.07) is 70.4. The molecular weight excluding hydrogens is 779 g/mol. The summed E-state index contributed by atoms with van der Waals surface area (Å²) in [5.41, 5.74) is 19.1. The fourth-order valence-electron chi connectivity index (χ4n) is 10.1. The molecule has 0 aliphatic heterocycles. The number of aromatic hydroxyl groups is 1. The first-order valence-electron chi connectivity index (χ1n) is 22.0. The standard InChI is InChI=1S/C60H47N3O/c1-59(2,43-20-9-6-10-21-43)44-32-30-39(31-33-44)41-34-35-61-52(38-41)50-37-42(36-49-47-23-11-14-26-51(47)60(3,4)56(49)50)46-25-17-28-54-57(46)62-58(48-24-13-16-29-55(48)64)63(54)53-27-15-12-22-45(53)40-18-7-5-8-19-40/h5-38,64H,1-4H3. The number of aromatic nitrogens is 3. The Morgan fingerprint density at radius 1 is 0.484 bits per heavy atom. The number of rotatable bonds is 8. The maximum Gasteiger partial charge on any atom is 0.149 e. The van der Waals surface area contributed by atoms with Crippen LogP contribution in [0, 0.1) is 0 Å². The highest BCUT2D eigenvalue weighted by molar-refractivity contribution is 6.00. The maximum atomic E-state index is 11.4. The van der Waals surface area contributed by atoms with E-state index in [0.29, 0.717) is 11.4 Å². The zero-order chi connectivity index (χ0) is 43.6. The second kappa shape index (κ2) is 15.2. The molecule has 1 aliphatic carbocycles. The normalized spacial score (nSPS) is 12.9. The van der Waals surface area contributed by atoms with E-state index in [2.05, 4.69) is 202 Å². The molecule has 0 unspecified atom stereocenters. The van der Waals surface area contributed by atoms with Gasteiger partial charge in [-0.2, -0.15) is 0 Å². The first-order valence-corrected chi connectivity index (χ1v) is 22.0. The number of phenolic OH excluding ortho intramolecular Hbond substituents is 1. The van der Waals surface area contributed by atoms with Crippen LogP contribution < -0.4 is 0 Å². The maximum absolute atomic E-state index is 11.4. The van der Waals surface area contributed by atoms with Gasteiger partial charge in [-0.1, -0.05) is 179 Å². The van der Waals surface area contributed by atoms with Crippen LogP contribution in [0.2, 0.25) is 0 Å². The van der Waals surface area contributed by atoms with Crippen molar-refractivity contribution in [2.75, 3.05) is 0 Å². The zero-order valence-electron chi connectivity index (χ0n) is 36.4. The van der Waals surface area contributed by atoms with Crippen molar-refractivity contribution in [1.82, 2.24) is 14.5 Å². The van der Waals surface area contributed by atoms with Gasteiger partial charge in [-0.3, -0.25) is 9.55 Å². The minimum atomic E-state index is -0.269. The summed E-state index contributed by atoms with van der Waals surface area (Å²) in [5.74, 6) is 0.848. The highest BCUT2D eigenvalue weighted by Gasteiger charge is 2.38. The van der Waals surface area contributed by atoms with Gasteiger partial charge in [0.1, 0.15) is 11.6 Å². The lowest BCUT2D eigenvalue weighted by atomic mass is 9.77. The van der Waals surface area contributed by atoms with E-state index in [0.717, 1.165) is 61.4 Å². The van der Waals surface area contributed by atoms with Gasteiger partial charge >= 0.3 is 0 Å². The third-order valence-electron chi connectivity index (χ3n) is 13.5. The number of pyridine rings is 1. The molecule has 308 valence electrons. The zero-order valence-corrected chi connectivity index (χ0v) is 36.4. The molecule has 0 atom stereocenters. The molecule has 10 aromatic rings. The molecule has 0 fully saturated rings. The highest BCUT2D eigenvalue weighted by atomic mass is 16.3. The largest absolute Gasteiger partial charge is 0.507 e. The number of nitrogens with zero attached hydrogens (tertiary/aromatic N) is 3. The number of phenols is 1. The van der Waals surface area contributed by atoms with Crippen LogP contribution >= 0.6 is 0 Å². The minimum Gasteiger partial charge on any atom is -0.507 e. The average molecular weight is 826 g/mol. The Bertz CT molecular complexity index is 3380. The van der Waals surface area contributed by atoms with Crippen LogP contribution in [0.1, 0.15) is 49.9 Å². The van der Waals surface area contributed by atoms with Crippen molar-refractivity contribution in [2.24, 2.45) is 0 Å². The predicted octanol–water partition coefficient (Wildman–Crippen LogP) is 15.1. The molecule has 0 radical (unpaired) electrons. The van der Waals surface area contributed by atoms with E-state index in [-0.39, 0.29) is 16.6 Å². The Labute approximate surface area is 374 Å². The van der Waals surface area contributed by atoms with Crippen LogP contribution in [0.3, 0.4) is 0 Å². The topological polar surface area (TPSA) is 50.9 Å². The Balaban J connectivity index is 1.11. The Hall–Kier alpha value is -7.82. The van der Waals surface area contributed by atoms with Crippen molar-refractivity contribution < 1.29 is 5.11 Å². The molecule has 64 heavy (non-hydrogen) atoms. The van der Waals surface area contributed by atoms with Crippen LogP contribution in [-0.2, 0) is 10.8 Å². The summed E-state index contributed by atoms with van der Waals surface area (Å²) in [7, 11) is 0. The van der Waals surface area contributed by atoms with Crippen molar-refractivity contribution in [2.45, 2.75) is 38.5 Å². The van der Waals surface area contributed by atoms with Crippen molar-refractivity contribution in [3.63, 3.8) is 0 Å². The molecule has 0 amide bonds. The molecule has 0 spiro atoms. The minimum absolute atomic E-state index is 0.128. The number of hydrogen-bond donors (Lipinski definition) is 1. The lowest BCUT2D eigenvalue weighted by molar-refractivity contribution is 0.477. The van der Waals surface area contributed by atoms with E-state index < -0.39 is 0 Å². The second-order valence-corrected chi connectivity index (χ2v) is 18.0. The second-order valence-electron chi connectivity index (χ2n) is 18.0. The fraction of sp³-hybridized carbons (Fsp3) is 0.100. The first-order chi connectivity index (χ1) is 31.2. The number of benzene rings is 8.